The van der Waals surface area contributed by atoms with Crippen molar-refractivity contribution in [3.05, 3.63) is 25.0 Å². The van der Waals surface area contributed by atoms with Gasteiger partial charge in [0.1, 0.15) is 30.6 Å². The molecule has 1 N–H and O–H groups in total. The van der Waals surface area contributed by atoms with E-state index in [4.69, 9.17) is 4.74 Å². The molecule has 0 spiro atoms. The summed E-state index contributed by atoms with van der Waals surface area (Å²) in [5, 5.41) is 7.91. The van der Waals surface area contributed by atoms with Gasteiger partial charge in [-0.15, -0.1) is 0 Å². The van der Waals surface area contributed by atoms with Crippen molar-refractivity contribution in [2.75, 3.05) is 29.9 Å². The maximum absolute atomic E-state index is 5.99. The first-order valence-electron chi connectivity index (χ1n) is 10.00. The van der Waals surface area contributed by atoms with E-state index in [9.17, 15) is 0 Å². The summed E-state index contributed by atoms with van der Waals surface area (Å²) in [6, 6.07) is 2.70. The molecule has 3 atom stereocenters. The van der Waals surface area contributed by atoms with Crippen LogP contribution in [0.15, 0.2) is 25.0 Å². The Morgan fingerprint density at radius 2 is 2.11 bits per heavy atom. The van der Waals surface area contributed by atoms with Crippen molar-refractivity contribution in [1.29, 1.82) is 0 Å². The number of hydrogen-bond acceptors (Lipinski definition) is 7. The standard InChI is InChI=1S/C19H29N7O/c1-14(2)19-16(6-4-8-27-19)24-17-9-18(22-12-21-17)25-7-3-5-15(10-25)26-13-20-11-23-26/h9,11-16,19H,3-8,10H2,1-2H3,(H,21,22,24)/t15-,16+,19-/m0/s1. The van der Waals surface area contributed by atoms with Crippen molar-refractivity contribution in [1.82, 2.24) is 24.7 Å². The zero-order valence-electron chi connectivity index (χ0n) is 16.2. The summed E-state index contributed by atoms with van der Waals surface area (Å²) >= 11 is 0. The number of anilines is 2. The Bertz CT molecular complexity index is 721. The van der Waals surface area contributed by atoms with Gasteiger partial charge >= 0.3 is 0 Å². The Kier molecular flexibility index (Phi) is 5.52. The van der Waals surface area contributed by atoms with Crippen LogP contribution >= 0.6 is 0 Å². The van der Waals surface area contributed by atoms with Crippen molar-refractivity contribution >= 4 is 11.6 Å². The Morgan fingerprint density at radius 3 is 2.93 bits per heavy atom. The normalized spacial score (nSPS) is 26.3. The minimum atomic E-state index is 0.226. The number of rotatable bonds is 5. The van der Waals surface area contributed by atoms with Crippen LogP contribution in [-0.2, 0) is 4.74 Å². The van der Waals surface area contributed by atoms with Crippen LogP contribution in [0.3, 0.4) is 0 Å². The van der Waals surface area contributed by atoms with Crippen molar-refractivity contribution in [3.8, 4) is 0 Å². The van der Waals surface area contributed by atoms with E-state index in [0.717, 1.165) is 57.0 Å². The number of nitrogens with one attached hydrogen (secondary N) is 1. The second kappa shape index (κ2) is 8.21. The summed E-state index contributed by atoms with van der Waals surface area (Å²) in [5.74, 6) is 2.33. The second-order valence-electron chi connectivity index (χ2n) is 7.85. The van der Waals surface area contributed by atoms with E-state index in [2.05, 4.69) is 50.2 Å². The van der Waals surface area contributed by atoms with Crippen molar-refractivity contribution in [3.63, 3.8) is 0 Å². The highest BCUT2D eigenvalue weighted by Gasteiger charge is 2.29. The maximum atomic E-state index is 5.99. The minimum absolute atomic E-state index is 0.226. The third-order valence-electron chi connectivity index (χ3n) is 5.54. The van der Waals surface area contributed by atoms with E-state index >= 15 is 0 Å². The van der Waals surface area contributed by atoms with Gasteiger partial charge in [-0.3, -0.25) is 0 Å². The average Bonchev–Trinajstić information content (AvgIpc) is 3.23. The molecule has 0 aliphatic carbocycles. The quantitative estimate of drug-likeness (QED) is 0.865. The van der Waals surface area contributed by atoms with Crippen LogP contribution in [-0.4, -0.2) is 56.6 Å². The number of piperidine rings is 1. The molecule has 2 aromatic rings. The summed E-state index contributed by atoms with van der Waals surface area (Å²) in [5.41, 5.74) is 0. The smallest absolute Gasteiger partial charge is 0.137 e. The first-order valence-corrected chi connectivity index (χ1v) is 10.00. The van der Waals surface area contributed by atoms with E-state index in [1.54, 1.807) is 19.0 Å². The zero-order valence-corrected chi connectivity index (χ0v) is 16.2. The fourth-order valence-corrected chi connectivity index (χ4v) is 4.19. The molecule has 8 heteroatoms. The summed E-state index contributed by atoms with van der Waals surface area (Å²) in [7, 11) is 0. The lowest BCUT2D eigenvalue weighted by Crippen LogP contribution is -2.43. The summed E-state index contributed by atoms with van der Waals surface area (Å²) in [6.07, 6.45) is 9.72. The maximum Gasteiger partial charge on any atom is 0.137 e. The molecule has 2 saturated heterocycles. The topological polar surface area (TPSA) is 81.0 Å². The van der Waals surface area contributed by atoms with Crippen LogP contribution in [0.25, 0.3) is 0 Å². The van der Waals surface area contributed by atoms with Crippen molar-refractivity contribution in [2.24, 2.45) is 5.92 Å². The van der Waals surface area contributed by atoms with Gasteiger partial charge in [0.2, 0.25) is 0 Å². The molecule has 4 heterocycles. The molecule has 0 unspecified atom stereocenters. The third-order valence-corrected chi connectivity index (χ3v) is 5.54. The number of aromatic nitrogens is 5. The predicted molar refractivity (Wildman–Crippen MR) is 104 cm³/mol. The molecule has 0 radical (unpaired) electrons. The SMILES string of the molecule is CC(C)[C@@H]1OCCC[C@H]1Nc1cc(N2CCC[C@H](n3cncn3)C2)ncn1. The van der Waals surface area contributed by atoms with E-state index < -0.39 is 0 Å². The lowest BCUT2D eigenvalue weighted by Gasteiger charge is -2.36. The number of hydrogen-bond donors (Lipinski definition) is 1. The van der Waals surface area contributed by atoms with Gasteiger partial charge in [0.25, 0.3) is 0 Å². The summed E-state index contributed by atoms with van der Waals surface area (Å²) < 4.78 is 7.95. The lowest BCUT2D eigenvalue weighted by molar-refractivity contribution is -0.0203. The van der Waals surface area contributed by atoms with E-state index in [1.165, 1.54) is 0 Å². The number of ether oxygens (including phenoxy) is 1. The van der Waals surface area contributed by atoms with Crippen LogP contribution in [0.5, 0.6) is 0 Å². The Morgan fingerprint density at radius 1 is 1.19 bits per heavy atom. The van der Waals surface area contributed by atoms with Crippen LogP contribution in [0.1, 0.15) is 45.6 Å². The second-order valence-corrected chi connectivity index (χ2v) is 7.85. The molecule has 2 fully saturated rings. The molecule has 2 aliphatic rings. The molecule has 2 aliphatic heterocycles. The molecule has 4 rings (SSSR count). The van der Waals surface area contributed by atoms with Gasteiger partial charge in [-0.05, 0) is 31.6 Å². The van der Waals surface area contributed by atoms with Crippen LogP contribution < -0.4 is 10.2 Å². The molecule has 146 valence electrons. The predicted octanol–water partition coefficient (Wildman–Crippen LogP) is 2.53. The molecule has 0 amide bonds. The van der Waals surface area contributed by atoms with E-state index in [-0.39, 0.29) is 6.10 Å². The van der Waals surface area contributed by atoms with Gasteiger partial charge in [0.15, 0.2) is 0 Å². The van der Waals surface area contributed by atoms with Gasteiger partial charge in [0, 0.05) is 25.8 Å². The fourth-order valence-electron chi connectivity index (χ4n) is 4.19. The molecule has 2 aromatic heterocycles. The van der Waals surface area contributed by atoms with Gasteiger partial charge in [-0.25, -0.2) is 19.6 Å². The Hall–Kier alpha value is -2.22. The fraction of sp³-hybridized carbons (Fsp3) is 0.684. The van der Waals surface area contributed by atoms with Crippen LogP contribution in [0, 0.1) is 5.92 Å². The number of nitrogens with zero attached hydrogens (tertiary/aromatic N) is 6. The van der Waals surface area contributed by atoms with Crippen LogP contribution in [0.2, 0.25) is 0 Å². The highest BCUT2D eigenvalue weighted by atomic mass is 16.5. The third kappa shape index (κ3) is 4.21. The van der Waals surface area contributed by atoms with Crippen molar-refractivity contribution < 1.29 is 4.74 Å². The van der Waals surface area contributed by atoms with Gasteiger partial charge in [0.05, 0.1) is 18.2 Å². The summed E-state index contributed by atoms with van der Waals surface area (Å²) in [4.78, 5) is 15.4. The molecule has 0 saturated carbocycles. The van der Waals surface area contributed by atoms with Crippen molar-refractivity contribution in [2.45, 2.75) is 57.7 Å². The highest BCUT2D eigenvalue weighted by molar-refractivity contribution is 5.49. The summed E-state index contributed by atoms with van der Waals surface area (Å²) in [6.45, 7) is 7.18. The Balaban J connectivity index is 1.45. The Labute approximate surface area is 160 Å². The highest BCUT2D eigenvalue weighted by Crippen LogP contribution is 2.27. The van der Waals surface area contributed by atoms with Gasteiger partial charge in [-0.2, -0.15) is 5.10 Å². The van der Waals surface area contributed by atoms with Gasteiger partial charge < -0.3 is 15.0 Å². The minimum Gasteiger partial charge on any atom is -0.376 e. The molecule has 8 nitrogen and oxygen atoms in total. The molecular weight excluding hydrogens is 342 g/mol. The van der Waals surface area contributed by atoms with E-state index in [1.807, 2.05) is 4.68 Å². The first kappa shape index (κ1) is 18.2. The molecular formula is C19H29N7O. The average molecular weight is 371 g/mol. The van der Waals surface area contributed by atoms with Crippen LogP contribution in [0.4, 0.5) is 11.6 Å². The first-order chi connectivity index (χ1) is 13.2. The zero-order chi connectivity index (χ0) is 18.6. The lowest BCUT2D eigenvalue weighted by atomic mass is 9.93. The largest absolute Gasteiger partial charge is 0.376 e. The molecule has 27 heavy (non-hydrogen) atoms. The van der Waals surface area contributed by atoms with E-state index in [0.29, 0.717) is 18.0 Å². The molecule has 0 aromatic carbocycles. The van der Waals surface area contributed by atoms with Gasteiger partial charge in [-0.1, -0.05) is 13.8 Å². The molecule has 0 bridgehead atoms. The monoisotopic (exact) mass is 371 g/mol.